The molecule has 0 aliphatic carbocycles. The monoisotopic (exact) mass is 264 g/mol. The third kappa shape index (κ3) is 4.35. The summed E-state index contributed by atoms with van der Waals surface area (Å²) in [6.45, 7) is 1.90. The van der Waals surface area contributed by atoms with Gasteiger partial charge in [-0.25, -0.2) is 4.98 Å². The second kappa shape index (κ2) is 7.68. The molecule has 2 rings (SSSR count). The fraction of sp³-hybridized carbons (Fsp3) is 0.231. The Morgan fingerprint density at radius 3 is 2.28 bits per heavy atom. The van der Waals surface area contributed by atoms with Gasteiger partial charge in [0.25, 0.3) is 0 Å². The summed E-state index contributed by atoms with van der Waals surface area (Å²) in [5.41, 5.74) is 1.70. The molecule has 18 heavy (non-hydrogen) atoms. The van der Waals surface area contributed by atoms with Crippen molar-refractivity contribution in [3.8, 4) is 11.6 Å². The van der Waals surface area contributed by atoms with Crippen molar-refractivity contribution in [2.75, 3.05) is 6.26 Å². The zero-order valence-corrected chi connectivity index (χ0v) is 11.3. The van der Waals surface area contributed by atoms with Crippen molar-refractivity contribution in [3.05, 3.63) is 47.9 Å². The van der Waals surface area contributed by atoms with Crippen molar-refractivity contribution in [2.45, 2.75) is 13.5 Å². The minimum absolute atomic E-state index is 0.113. The summed E-state index contributed by atoms with van der Waals surface area (Å²) >= 11 is 3.53. The number of hydrogen-bond acceptors (Lipinski definition) is 5. The van der Waals surface area contributed by atoms with Gasteiger partial charge in [-0.1, -0.05) is 17.7 Å². The second-order valence-corrected chi connectivity index (χ2v) is 3.42. The van der Waals surface area contributed by atoms with Crippen molar-refractivity contribution in [1.82, 2.24) is 9.97 Å². The molecular formula is C13H16N2O2S. The van der Waals surface area contributed by atoms with Crippen molar-refractivity contribution in [2.24, 2.45) is 0 Å². The Hall–Kier alpha value is -1.59. The van der Waals surface area contributed by atoms with E-state index >= 15 is 0 Å². The molecule has 0 bridgehead atoms. The molecule has 2 aromatic rings. The molecule has 96 valence electrons. The second-order valence-electron chi connectivity index (χ2n) is 3.42. The van der Waals surface area contributed by atoms with Crippen LogP contribution in [-0.2, 0) is 6.61 Å². The molecule has 0 unspecified atom stereocenters. The molecule has 1 aromatic heterocycles. The van der Waals surface area contributed by atoms with Gasteiger partial charge < -0.3 is 9.84 Å². The fourth-order valence-electron chi connectivity index (χ4n) is 1.20. The maximum atomic E-state index is 8.81. The van der Waals surface area contributed by atoms with Crippen LogP contribution in [0.2, 0.25) is 0 Å². The zero-order valence-electron chi connectivity index (χ0n) is 10.4. The zero-order chi connectivity index (χ0) is 13.4. The summed E-state index contributed by atoms with van der Waals surface area (Å²) in [7, 11) is 0. The topological polar surface area (TPSA) is 55.2 Å². The Labute approximate surface area is 112 Å². The smallest absolute Gasteiger partial charge is 0.237 e. The molecule has 4 nitrogen and oxygen atoms in total. The lowest BCUT2D eigenvalue weighted by molar-refractivity contribution is 0.276. The van der Waals surface area contributed by atoms with Crippen molar-refractivity contribution in [3.63, 3.8) is 0 Å². The van der Waals surface area contributed by atoms with Crippen LogP contribution in [0.4, 0.5) is 0 Å². The lowest BCUT2D eigenvalue weighted by Crippen LogP contribution is -1.93. The van der Waals surface area contributed by atoms with Crippen LogP contribution < -0.4 is 4.74 Å². The maximum Gasteiger partial charge on any atom is 0.237 e. The first-order valence-corrected chi connectivity index (χ1v) is 6.28. The summed E-state index contributed by atoms with van der Waals surface area (Å²) in [6, 6.07) is 7.67. The van der Waals surface area contributed by atoms with Crippen LogP contribution in [0, 0.1) is 6.92 Å². The Balaban J connectivity index is 0.000000771. The molecule has 0 atom stereocenters. The van der Waals surface area contributed by atoms with E-state index in [-0.39, 0.29) is 6.61 Å². The minimum Gasteiger partial charge on any atom is -0.438 e. The molecule has 0 spiro atoms. The first-order valence-electron chi connectivity index (χ1n) is 5.39. The number of ether oxygens (including phenoxy) is 1. The van der Waals surface area contributed by atoms with Gasteiger partial charge in [0.05, 0.1) is 24.7 Å². The first kappa shape index (κ1) is 14.5. The number of thiol groups is 1. The lowest BCUT2D eigenvalue weighted by Gasteiger charge is -2.04. The third-order valence-corrected chi connectivity index (χ3v) is 2.09. The Morgan fingerprint density at radius 2 is 1.78 bits per heavy atom. The van der Waals surface area contributed by atoms with E-state index in [0.717, 1.165) is 5.75 Å². The highest BCUT2D eigenvalue weighted by molar-refractivity contribution is 7.79. The number of benzene rings is 1. The van der Waals surface area contributed by atoms with Gasteiger partial charge in [0.1, 0.15) is 5.75 Å². The normalized spacial score (nSPS) is 9.33. The van der Waals surface area contributed by atoms with Gasteiger partial charge in [-0.05, 0) is 25.3 Å². The fourth-order valence-corrected chi connectivity index (χ4v) is 1.20. The van der Waals surface area contributed by atoms with E-state index in [9.17, 15) is 0 Å². The van der Waals surface area contributed by atoms with Crippen LogP contribution in [-0.4, -0.2) is 21.3 Å². The summed E-state index contributed by atoms with van der Waals surface area (Å²) in [5, 5.41) is 8.81. The summed E-state index contributed by atoms with van der Waals surface area (Å²) in [5.74, 6) is 1.14. The van der Waals surface area contributed by atoms with Gasteiger partial charge in [-0.15, -0.1) is 0 Å². The number of aliphatic hydroxyl groups is 1. The predicted octanol–water partition coefficient (Wildman–Crippen LogP) is 2.62. The van der Waals surface area contributed by atoms with Crippen LogP contribution in [0.15, 0.2) is 36.7 Å². The van der Waals surface area contributed by atoms with E-state index in [2.05, 4.69) is 22.6 Å². The van der Waals surface area contributed by atoms with Gasteiger partial charge in [-0.2, -0.15) is 12.6 Å². The van der Waals surface area contributed by atoms with Gasteiger partial charge in [0, 0.05) is 0 Å². The molecule has 0 aliphatic heterocycles. The average Bonchev–Trinajstić information content (AvgIpc) is 2.44. The molecule has 1 heterocycles. The summed E-state index contributed by atoms with van der Waals surface area (Å²) in [4.78, 5) is 8.00. The van der Waals surface area contributed by atoms with Crippen molar-refractivity contribution >= 4 is 12.6 Å². The average molecular weight is 264 g/mol. The summed E-state index contributed by atoms with van der Waals surface area (Å²) < 4.78 is 5.48. The molecule has 1 aromatic carbocycles. The largest absolute Gasteiger partial charge is 0.438 e. The van der Waals surface area contributed by atoms with Crippen LogP contribution in [0.3, 0.4) is 0 Å². The minimum atomic E-state index is -0.113. The van der Waals surface area contributed by atoms with E-state index in [0.29, 0.717) is 11.6 Å². The number of aryl methyl sites for hydroxylation is 1. The highest BCUT2D eigenvalue weighted by Crippen LogP contribution is 2.18. The van der Waals surface area contributed by atoms with Crippen LogP contribution in [0.1, 0.15) is 11.3 Å². The van der Waals surface area contributed by atoms with E-state index < -0.39 is 0 Å². The molecule has 0 amide bonds. The number of aliphatic hydroxyl groups excluding tert-OH is 1. The number of hydrogen-bond donors (Lipinski definition) is 2. The Bertz CT molecular complexity index is 457. The molecule has 0 saturated carbocycles. The van der Waals surface area contributed by atoms with Crippen LogP contribution in [0.25, 0.3) is 0 Å². The molecule has 5 heteroatoms. The van der Waals surface area contributed by atoms with Gasteiger partial charge in [0.2, 0.25) is 5.88 Å². The molecule has 1 N–H and O–H groups in total. The van der Waals surface area contributed by atoms with E-state index in [1.165, 1.54) is 18.0 Å². The molecular weight excluding hydrogens is 248 g/mol. The quantitative estimate of drug-likeness (QED) is 0.837. The van der Waals surface area contributed by atoms with E-state index in [4.69, 9.17) is 9.84 Å². The summed E-state index contributed by atoms with van der Waals surface area (Å²) in [6.07, 6.45) is 4.68. The molecule has 0 radical (unpaired) electrons. The van der Waals surface area contributed by atoms with Gasteiger partial charge in [0.15, 0.2) is 0 Å². The molecule has 0 fully saturated rings. The maximum absolute atomic E-state index is 8.81. The number of rotatable bonds is 3. The number of nitrogens with zero attached hydrogens (tertiary/aromatic N) is 2. The molecule has 0 aliphatic rings. The Kier molecular flexibility index (Phi) is 6.18. The molecule has 0 saturated heterocycles. The highest BCUT2D eigenvalue weighted by atomic mass is 32.1. The van der Waals surface area contributed by atoms with Crippen molar-refractivity contribution < 1.29 is 9.84 Å². The SMILES string of the molecule is CS.Cc1ccc(Oc2cnc(CO)cn2)cc1. The highest BCUT2D eigenvalue weighted by Gasteiger charge is 1.99. The van der Waals surface area contributed by atoms with Crippen LogP contribution in [0.5, 0.6) is 11.6 Å². The first-order chi connectivity index (χ1) is 8.78. The number of aromatic nitrogens is 2. The van der Waals surface area contributed by atoms with Crippen LogP contribution >= 0.6 is 12.6 Å². The van der Waals surface area contributed by atoms with E-state index in [1.54, 1.807) is 6.26 Å². The standard InChI is InChI=1S/C12H12N2O2.CH4S/c1-9-2-4-11(5-3-9)16-12-7-13-10(8-15)6-14-12;1-2/h2-7,15H,8H2,1H3;2H,1H3. The van der Waals surface area contributed by atoms with E-state index in [1.807, 2.05) is 31.2 Å². The predicted molar refractivity (Wildman–Crippen MR) is 74.1 cm³/mol. The lowest BCUT2D eigenvalue weighted by atomic mass is 10.2. The van der Waals surface area contributed by atoms with Crippen molar-refractivity contribution in [1.29, 1.82) is 0 Å². The van der Waals surface area contributed by atoms with Gasteiger partial charge in [-0.3, -0.25) is 4.98 Å². The third-order valence-electron chi connectivity index (χ3n) is 2.09. The van der Waals surface area contributed by atoms with Gasteiger partial charge >= 0.3 is 0 Å². The Morgan fingerprint density at radius 1 is 1.11 bits per heavy atom.